The zero-order chi connectivity index (χ0) is 16.0. The van der Waals surface area contributed by atoms with Crippen LogP contribution < -0.4 is 11.1 Å². The quantitative estimate of drug-likeness (QED) is 0.757. The van der Waals surface area contributed by atoms with E-state index in [4.69, 9.17) is 5.73 Å². The van der Waals surface area contributed by atoms with Crippen LogP contribution in [-0.2, 0) is 11.3 Å². The molecule has 0 bridgehead atoms. The molecule has 1 heterocycles. The molecule has 21 heavy (non-hydrogen) atoms. The number of aryl methyl sites for hydroxylation is 3. The number of aromatic nitrogens is 2. The summed E-state index contributed by atoms with van der Waals surface area (Å²) in [7, 11) is 0. The van der Waals surface area contributed by atoms with Crippen LogP contribution in [0.3, 0.4) is 0 Å². The van der Waals surface area contributed by atoms with Gasteiger partial charge in [-0.1, -0.05) is 20.8 Å². The second kappa shape index (κ2) is 7.59. The van der Waals surface area contributed by atoms with Gasteiger partial charge in [-0.05, 0) is 38.2 Å². The third kappa shape index (κ3) is 7.27. The molecule has 0 aliphatic heterocycles. The number of nitrogens with two attached hydrogens (primary N) is 1. The molecule has 1 rings (SSSR count). The average Bonchev–Trinajstić information content (AvgIpc) is 2.60. The molecule has 1 unspecified atom stereocenters. The lowest BCUT2D eigenvalue weighted by atomic mass is 9.87. The van der Waals surface area contributed by atoms with Gasteiger partial charge in [0.25, 0.3) is 0 Å². The number of rotatable bonds is 7. The van der Waals surface area contributed by atoms with Crippen molar-refractivity contribution in [1.29, 1.82) is 0 Å². The summed E-state index contributed by atoms with van der Waals surface area (Å²) in [5.41, 5.74) is 8.36. The lowest BCUT2D eigenvalue weighted by molar-refractivity contribution is -0.121. The van der Waals surface area contributed by atoms with Gasteiger partial charge in [0.2, 0.25) is 5.91 Å². The zero-order valence-electron chi connectivity index (χ0n) is 14.1. The van der Waals surface area contributed by atoms with Gasteiger partial charge in [0, 0.05) is 31.2 Å². The summed E-state index contributed by atoms with van der Waals surface area (Å²) in [4.78, 5) is 11.8. The van der Waals surface area contributed by atoms with Gasteiger partial charge in [0.1, 0.15) is 0 Å². The van der Waals surface area contributed by atoms with E-state index in [2.05, 4.69) is 37.3 Å². The van der Waals surface area contributed by atoms with E-state index in [9.17, 15) is 4.79 Å². The van der Waals surface area contributed by atoms with Crippen LogP contribution in [-0.4, -0.2) is 28.3 Å². The Labute approximate surface area is 128 Å². The van der Waals surface area contributed by atoms with Gasteiger partial charge < -0.3 is 11.1 Å². The normalized spacial score (nSPS) is 13.2. The number of carbonyl (C=O) groups excluding carboxylic acids is 1. The van der Waals surface area contributed by atoms with Crippen molar-refractivity contribution < 1.29 is 4.79 Å². The highest BCUT2D eigenvalue weighted by Crippen LogP contribution is 2.20. The molecule has 0 saturated carbocycles. The highest BCUT2D eigenvalue weighted by atomic mass is 16.1. The van der Waals surface area contributed by atoms with Crippen LogP contribution in [0.5, 0.6) is 0 Å². The number of amides is 1. The van der Waals surface area contributed by atoms with Crippen molar-refractivity contribution >= 4 is 5.91 Å². The van der Waals surface area contributed by atoms with Crippen LogP contribution in [0.1, 0.15) is 51.4 Å². The van der Waals surface area contributed by atoms with Crippen LogP contribution in [0.4, 0.5) is 0 Å². The predicted octanol–water partition coefficient (Wildman–Crippen LogP) is 2.16. The number of nitrogens with zero attached hydrogens (tertiary/aromatic N) is 2. The maximum absolute atomic E-state index is 11.8. The average molecular weight is 294 g/mol. The molecule has 120 valence electrons. The molecule has 1 aromatic heterocycles. The van der Waals surface area contributed by atoms with Crippen LogP contribution >= 0.6 is 0 Å². The minimum atomic E-state index is -0.0685. The van der Waals surface area contributed by atoms with E-state index in [-0.39, 0.29) is 17.4 Å². The fourth-order valence-electron chi connectivity index (χ4n) is 2.53. The third-order valence-corrected chi connectivity index (χ3v) is 3.29. The molecule has 0 aliphatic rings. The fourth-order valence-corrected chi connectivity index (χ4v) is 2.53. The molecule has 0 radical (unpaired) electrons. The van der Waals surface area contributed by atoms with E-state index in [1.807, 2.05) is 18.5 Å². The van der Waals surface area contributed by atoms with Crippen molar-refractivity contribution in [2.45, 2.75) is 66.5 Å². The zero-order valence-corrected chi connectivity index (χ0v) is 14.1. The summed E-state index contributed by atoms with van der Waals surface area (Å²) < 4.78 is 1.98. The van der Waals surface area contributed by atoms with Crippen molar-refractivity contribution in [2.75, 3.05) is 6.54 Å². The molecule has 0 aliphatic carbocycles. The Morgan fingerprint density at radius 3 is 2.62 bits per heavy atom. The van der Waals surface area contributed by atoms with E-state index in [1.54, 1.807) is 0 Å². The molecule has 0 aromatic carbocycles. The summed E-state index contributed by atoms with van der Waals surface area (Å²) in [5.74, 6) is 0.0418. The topological polar surface area (TPSA) is 72.9 Å². The first kappa shape index (κ1) is 17.7. The molecule has 1 aromatic rings. The van der Waals surface area contributed by atoms with Gasteiger partial charge in [-0.2, -0.15) is 5.10 Å². The van der Waals surface area contributed by atoms with Crippen molar-refractivity contribution in [3.8, 4) is 0 Å². The Balaban J connectivity index is 2.20. The highest BCUT2D eigenvalue weighted by Gasteiger charge is 2.17. The van der Waals surface area contributed by atoms with E-state index in [1.165, 1.54) is 0 Å². The van der Waals surface area contributed by atoms with E-state index in [0.29, 0.717) is 13.0 Å². The first-order chi connectivity index (χ1) is 9.67. The third-order valence-electron chi connectivity index (χ3n) is 3.29. The van der Waals surface area contributed by atoms with Crippen molar-refractivity contribution in [1.82, 2.24) is 15.1 Å². The lowest BCUT2D eigenvalue weighted by Gasteiger charge is -2.22. The number of hydrogen-bond acceptors (Lipinski definition) is 3. The van der Waals surface area contributed by atoms with Gasteiger partial charge in [0.15, 0.2) is 0 Å². The van der Waals surface area contributed by atoms with Gasteiger partial charge in [-0.15, -0.1) is 0 Å². The highest BCUT2D eigenvalue weighted by molar-refractivity contribution is 5.76. The smallest absolute Gasteiger partial charge is 0.221 e. The maximum Gasteiger partial charge on any atom is 0.221 e. The molecule has 0 saturated heterocycles. The van der Waals surface area contributed by atoms with Gasteiger partial charge in [0.05, 0.1) is 5.69 Å². The van der Waals surface area contributed by atoms with Crippen molar-refractivity contribution in [3.05, 3.63) is 17.5 Å². The SMILES string of the molecule is Cc1cc(C)n(CCCNC(=O)CC(N)CC(C)(C)C)n1. The van der Waals surface area contributed by atoms with Gasteiger partial charge >= 0.3 is 0 Å². The monoisotopic (exact) mass is 294 g/mol. The molecule has 3 N–H and O–H groups in total. The standard InChI is InChI=1S/C16H30N4O/c1-12-9-13(2)20(19-12)8-6-7-18-15(21)10-14(17)11-16(3,4)5/h9,14H,6-8,10-11,17H2,1-5H3,(H,18,21). The first-order valence-corrected chi connectivity index (χ1v) is 7.71. The van der Waals surface area contributed by atoms with E-state index in [0.717, 1.165) is 30.8 Å². The lowest BCUT2D eigenvalue weighted by Crippen LogP contribution is -2.34. The molecule has 5 nitrogen and oxygen atoms in total. The first-order valence-electron chi connectivity index (χ1n) is 7.71. The molecule has 0 spiro atoms. The number of hydrogen-bond donors (Lipinski definition) is 2. The van der Waals surface area contributed by atoms with Crippen LogP contribution in [0.2, 0.25) is 0 Å². The van der Waals surface area contributed by atoms with Crippen molar-refractivity contribution in [3.63, 3.8) is 0 Å². The number of nitrogens with one attached hydrogen (secondary N) is 1. The predicted molar refractivity (Wildman–Crippen MR) is 86.0 cm³/mol. The minimum Gasteiger partial charge on any atom is -0.356 e. The van der Waals surface area contributed by atoms with Crippen molar-refractivity contribution in [2.24, 2.45) is 11.1 Å². The molecular formula is C16H30N4O. The summed E-state index contributed by atoms with van der Waals surface area (Å²) >= 11 is 0. The fraction of sp³-hybridized carbons (Fsp3) is 0.750. The Kier molecular flexibility index (Phi) is 6.40. The second-order valence-corrected chi connectivity index (χ2v) is 7.08. The maximum atomic E-state index is 11.8. The molecular weight excluding hydrogens is 264 g/mol. The summed E-state index contributed by atoms with van der Waals surface area (Å²) in [6.07, 6.45) is 2.13. The molecule has 1 amide bonds. The largest absolute Gasteiger partial charge is 0.356 e. The second-order valence-electron chi connectivity index (χ2n) is 7.08. The Morgan fingerprint density at radius 1 is 1.43 bits per heavy atom. The number of carbonyl (C=O) groups is 1. The molecule has 5 heteroatoms. The Hall–Kier alpha value is -1.36. The Morgan fingerprint density at radius 2 is 2.10 bits per heavy atom. The van der Waals surface area contributed by atoms with Crippen LogP contribution in [0, 0.1) is 19.3 Å². The van der Waals surface area contributed by atoms with Gasteiger partial charge in [-0.25, -0.2) is 0 Å². The van der Waals surface area contributed by atoms with E-state index >= 15 is 0 Å². The van der Waals surface area contributed by atoms with Crippen LogP contribution in [0.15, 0.2) is 6.07 Å². The Bertz CT molecular complexity index is 459. The van der Waals surface area contributed by atoms with Crippen LogP contribution in [0.25, 0.3) is 0 Å². The molecule has 0 fully saturated rings. The summed E-state index contributed by atoms with van der Waals surface area (Å²) in [6.45, 7) is 11.9. The summed E-state index contributed by atoms with van der Waals surface area (Å²) in [5, 5.41) is 7.34. The van der Waals surface area contributed by atoms with E-state index < -0.39 is 0 Å². The minimum absolute atomic E-state index is 0.0418. The molecule has 1 atom stereocenters. The van der Waals surface area contributed by atoms with Gasteiger partial charge in [-0.3, -0.25) is 9.48 Å². The summed E-state index contributed by atoms with van der Waals surface area (Å²) in [6, 6.07) is 1.99.